The standard InChI is InChI=1S/C35H37N9O4/c1-22-17-41(26-20-48-21-26)11-12-42(22)25-6-7-32(37-15-25)39-30-13-23(18-40(2)35(30)47)27-8-9-36-33(29(27)19-45)44-34(46)28-14-24-5-3-4-10-43(24)31(28)16-38-44/h6-9,13-16,18-19,22,26H,3-5,10-12,17,20-21H2,1-2H3,(H,37,39). The number of anilines is 3. The maximum absolute atomic E-state index is 13.7. The van der Waals surface area contributed by atoms with Crippen molar-refractivity contribution < 1.29 is 9.53 Å². The Morgan fingerprint density at radius 3 is 2.62 bits per heavy atom. The SMILES string of the molecule is CC1CN(C2COC2)CCN1c1ccc(Nc2cc(-c3ccnc(-n4ncc5c(cc6n5CCCC6)c4=O)c3C=O)cn(C)c2=O)nc1. The summed E-state index contributed by atoms with van der Waals surface area (Å²) in [6.07, 6.45) is 10.4. The van der Waals surface area contributed by atoms with Crippen molar-refractivity contribution in [2.45, 2.75) is 44.8 Å². The van der Waals surface area contributed by atoms with Gasteiger partial charge in [0.15, 0.2) is 12.1 Å². The van der Waals surface area contributed by atoms with Crippen molar-refractivity contribution >= 4 is 34.4 Å². The van der Waals surface area contributed by atoms with Crippen molar-refractivity contribution in [2.24, 2.45) is 7.05 Å². The molecule has 48 heavy (non-hydrogen) atoms. The number of aldehydes is 1. The number of carbonyl (C=O) groups is 1. The summed E-state index contributed by atoms with van der Waals surface area (Å²) >= 11 is 0. The molecule has 0 saturated carbocycles. The monoisotopic (exact) mass is 647 g/mol. The summed E-state index contributed by atoms with van der Waals surface area (Å²) in [6.45, 7) is 7.58. The average Bonchev–Trinajstić information content (AvgIpc) is 3.46. The molecular weight excluding hydrogens is 610 g/mol. The number of nitrogens with zero attached hydrogens (tertiary/aromatic N) is 8. The molecule has 3 aliphatic rings. The zero-order chi connectivity index (χ0) is 32.9. The molecule has 13 nitrogen and oxygen atoms in total. The first-order valence-electron chi connectivity index (χ1n) is 16.5. The molecule has 3 aliphatic heterocycles. The quantitative estimate of drug-likeness (QED) is 0.263. The number of piperazine rings is 1. The Kier molecular flexibility index (Phi) is 7.64. The molecule has 0 aliphatic carbocycles. The number of ether oxygens (including phenoxy) is 1. The Morgan fingerprint density at radius 1 is 1.00 bits per heavy atom. The highest BCUT2D eigenvalue weighted by Crippen LogP contribution is 2.29. The van der Waals surface area contributed by atoms with Crippen LogP contribution in [0, 0.1) is 0 Å². The molecular formula is C35H37N9O4. The Morgan fingerprint density at radius 2 is 1.88 bits per heavy atom. The predicted molar refractivity (Wildman–Crippen MR) is 183 cm³/mol. The lowest BCUT2D eigenvalue weighted by Crippen LogP contribution is -2.59. The Balaban J connectivity index is 1.08. The summed E-state index contributed by atoms with van der Waals surface area (Å²) in [5.41, 5.74) is 3.96. The lowest BCUT2D eigenvalue weighted by Gasteiger charge is -2.46. The molecule has 2 fully saturated rings. The van der Waals surface area contributed by atoms with Crippen LogP contribution in [-0.2, 0) is 24.8 Å². The zero-order valence-electron chi connectivity index (χ0n) is 27.0. The lowest BCUT2D eigenvalue weighted by atomic mass is 10.0. The van der Waals surface area contributed by atoms with E-state index in [1.807, 2.05) is 24.4 Å². The molecule has 5 aromatic heterocycles. The van der Waals surface area contributed by atoms with Crippen LogP contribution >= 0.6 is 0 Å². The summed E-state index contributed by atoms with van der Waals surface area (Å²) in [6, 6.07) is 10.1. The van der Waals surface area contributed by atoms with Crippen LogP contribution in [-0.4, -0.2) is 85.0 Å². The lowest BCUT2D eigenvalue weighted by molar-refractivity contribution is -0.0691. The average molecular weight is 648 g/mol. The maximum Gasteiger partial charge on any atom is 0.282 e. The van der Waals surface area contributed by atoms with E-state index in [4.69, 9.17) is 4.74 Å². The fourth-order valence-corrected chi connectivity index (χ4v) is 7.26. The fraction of sp³-hybridized carbons (Fsp3) is 0.371. The number of rotatable bonds is 7. The molecule has 13 heteroatoms. The van der Waals surface area contributed by atoms with Crippen LogP contribution in [0.4, 0.5) is 17.2 Å². The van der Waals surface area contributed by atoms with Gasteiger partial charge in [-0.15, -0.1) is 0 Å². The molecule has 1 N–H and O–H groups in total. The molecule has 0 spiro atoms. The van der Waals surface area contributed by atoms with Crippen molar-refractivity contribution in [3.05, 3.63) is 87.1 Å². The van der Waals surface area contributed by atoms with Crippen LogP contribution in [0.5, 0.6) is 0 Å². The summed E-state index contributed by atoms with van der Waals surface area (Å²) in [4.78, 5) is 53.4. The van der Waals surface area contributed by atoms with Crippen molar-refractivity contribution in [3.63, 3.8) is 0 Å². The molecule has 8 rings (SSSR count). The first-order valence-corrected chi connectivity index (χ1v) is 16.5. The van der Waals surface area contributed by atoms with E-state index < -0.39 is 0 Å². The molecule has 8 heterocycles. The number of aryl methyl sites for hydroxylation is 3. The molecule has 1 unspecified atom stereocenters. The predicted octanol–water partition coefficient (Wildman–Crippen LogP) is 3.14. The molecule has 0 radical (unpaired) electrons. The maximum atomic E-state index is 13.7. The van der Waals surface area contributed by atoms with Crippen molar-refractivity contribution in [1.82, 2.24) is 33.8 Å². The highest BCUT2D eigenvalue weighted by Gasteiger charge is 2.32. The van der Waals surface area contributed by atoms with E-state index in [0.29, 0.717) is 46.4 Å². The molecule has 246 valence electrons. The molecule has 0 amide bonds. The minimum Gasteiger partial charge on any atom is -0.378 e. The minimum atomic E-state index is -0.330. The number of nitrogens with one attached hydrogen (secondary N) is 1. The summed E-state index contributed by atoms with van der Waals surface area (Å²) < 4.78 is 10.2. The van der Waals surface area contributed by atoms with Gasteiger partial charge in [0.2, 0.25) is 0 Å². The van der Waals surface area contributed by atoms with Gasteiger partial charge in [0.05, 0.1) is 53.8 Å². The van der Waals surface area contributed by atoms with Gasteiger partial charge in [-0.25, -0.2) is 9.97 Å². The first-order chi connectivity index (χ1) is 23.4. The molecule has 0 bridgehead atoms. The van der Waals surface area contributed by atoms with Crippen molar-refractivity contribution in [1.29, 1.82) is 0 Å². The highest BCUT2D eigenvalue weighted by molar-refractivity contribution is 5.92. The van der Waals surface area contributed by atoms with E-state index in [2.05, 4.69) is 41.7 Å². The number of aromatic nitrogens is 6. The number of hydrogen-bond donors (Lipinski definition) is 1. The third-order valence-corrected chi connectivity index (χ3v) is 9.93. The largest absolute Gasteiger partial charge is 0.378 e. The fourth-order valence-electron chi connectivity index (χ4n) is 7.26. The van der Waals surface area contributed by atoms with E-state index in [9.17, 15) is 14.4 Å². The first kappa shape index (κ1) is 30.2. The van der Waals surface area contributed by atoms with E-state index in [1.165, 1.54) is 9.25 Å². The number of fused-ring (bicyclic) bond motifs is 3. The summed E-state index contributed by atoms with van der Waals surface area (Å²) in [5, 5.41) is 8.18. The summed E-state index contributed by atoms with van der Waals surface area (Å²) in [5.74, 6) is 0.659. The second-order valence-electron chi connectivity index (χ2n) is 12.9. The Bertz CT molecular complexity index is 2150. The van der Waals surface area contributed by atoms with Gasteiger partial charge in [-0.2, -0.15) is 9.78 Å². The van der Waals surface area contributed by atoms with E-state index in [0.717, 1.165) is 75.6 Å². The molecule has 5 aromatic rings. The Hall–Kier alpha value is -5.14. The zero-order valence-corrected chi connectivity index (χ0v) is 27.0. The smallest absolute Gasteiger partial charge is 0.282 e. The van der Waals surface area contributed by atoms with Gasteiger partial charge < -0.3 is 24.1 Å². The van der Waals surface area contributed by atoms with Gasteiger partial charge in [-0.1, -0.05) is 0 Å². The van der Waals surface area contributed by atoms with Crippen LogP contribution in [0.1, 0.15) is 35.8 Å². The van der Waals surface area contributed by atoms with Crippen molar-refractivity contribution in [3.8, 4) is 16.9 Å². The van der Waals surface area contributed by atoms with Crippen LogP contribution in [0.2, 0.25) is 0 Å². The highest BCUT2D eigenvalue weighted by atomic mass is 16.5. The number of hydrogen-bond acceptors (Lipinski definition) is 10. The van der Waals surface area contributed by atoms with Crippen LogP contribution in [0.3, 0.4) is 0 Å². The normalized spacial score (nSPS) is 18.5. The van der Waals surface area contributed by atoms with Gasteiger partial charge in [-0.3, -0.25) is 19.3 Å². The molecule has 2 saturated heterocycles. The molecule has 1 atom stereocenters. The Labute approximate surface area is 276 Å². The van der Waals surface area contributed by atoms with Gasteiger partial charge in [0.1, 0.15) is 11.5 Å². The van der Waals surface area contributed by atoms with Crippen LogP contribution in [0.15, 0.2) is 64.7 Å². The summed E-state index contributed by atoms with van der Waals surface area (Å²) in [7, 11) is 1.65. The van der Waals surface area contributed by atoms with Crippen LogP contribution in [0.25, 0.3) is 27.8 Å². The number of pyridine rings is 3. The van der Waals surface area contributed by atoms with E-state index in [1.54, 1.807) is 37.8 Å². The third-order valence-electron chi connectivity index (χ3n) is 9.93. The number of carbonyl (C=O) groups excluding carboxylic acids is 1. The van der Waals surface area contributed by atoms with Gasteiger partial charge in [0, 0.05) is 62.9 Å². The van der Waals surface area contributed by atoms with Crippen LogP contribution < -0.4 is 21.3 Å². The van der Waals surface area contributed by atoms with E-state index in [-0.39, 0.29) is 22.5 Å². The van der Waals surface area contributed by atoms with Gasteiger partial charge >= 0.3 is 0 Å². The second-order valence-corrected chi connectivity index (χ2v) is 12.9. The second kappa shape index (κ2) is 12.1. The van der Waals surface area contributed by atoms with Gasteiger partial charge in [0.25, 0.3) is 11.1 Å². The van der Waals surface area contributed by atoms with E-state index >= 15 is 0 Å². The third kappa shape index (κ3) is 5.19. The minimum absolute atomic E-state index is 0.135. The topological polar surface area (TPSA) is 132 Å². The van der Waals surface area contributed by atoms with Gasteiger partial charge in [-0.05, 0) is 62.1 Å². The van der Waals surface area contributed by atoms with Crippen molar-refractivity contribution in [2.75, 3.05) is 43.1 Å². The molecule has 0 aromatic carbocycles.